The summed E-state index contributed by atoms with van der Waals surface area (Å²) in [7, 11) is 0. The molecule has 0 spiro atoms. The lowest BCUT2D eigenvalue weighted by Crippen LogP contribution is -2.08. The molecule has 1 nitrogen and oxygen atoms in total. The molecule has 22 heavy (non-hydrogen) atoms. The van der Waals surface area contributed by atoms with E-state index in [1.54, 1.807) is 11.3 Å². The second-order valence-electron chi connectivity index (χ2n) is 6.15. The Kier molecular flexibility index (Phi) is 3.56. The fourth-order valence-electron chi connectivity index (χ4n) is 3.60. The van der Waals surface area contributed by atoms with Gasteiger partial charge in [-0.15, -0.1) is 0 Å². The molecule has 0 saturated heterocycles. The van der Waals surface area contributed by atoms with Crippen LogP contribution in [0.25, 0.3) is 11.1 Å². The van der Waals surface area contributed by atoms with Gasteiger partial charge in [0.15, 0.2) is 0 Å². The zero-order valence-corrected chi connectivity index (χ0v) is 12.8. The lowest BCUT2D eigenvalue weighted by molar-refractivity contribution is 0.631. The summed E-state index contributed by atoms with van der Waals surface area (Å²) in [4.78, 5) is 0. The lowest BCUT2D eigenvalue weighted by atomic mass is 9.92. The Labute approximate surface area is 132 Å². The first kappa shape index (κ1) is 13.4. The van der Waals surface area contributed by atoms with Crippen molar-refractivity contribution in [2.24, 2.45) is 0 Å². The van der Waals surface area contributed by atoms with Crippen molar-refractivity contribution >= 4 is 0 Å². The first-order valence-corrected chi connectivity index (χ1v) is 8.22. The summed E-state index contributed by atoms with van der Waals surface area (Å²) in [6.45, 7) is 0.982. The van der Waals surface area contributed by atoms with E-state index in [1.165, 1.54) is 42.4 Å². The number of benzene rings is 2. The molecule has 0 radical (unpaired) electrons. The highest BCUT2D eigenvalue weighted by atomic mass is 15.0. The molecule has 0 N–H and O–H groups in total. The molecule has 2 aromatic carbocycles. The Morgan fingerprint density at radius 2 is 1.45 bits per heavy atom. The van der Waals surface area contributed by atoms with E-state index in [9.17, 15) is 0 Å². The highest BCUT2D eigenvalue weighted by Crippen LogP contribution is 2.33. The zero-order valence-electron chi connectivity index (χ0n) is 12.8. The van der Waals surface area contributed by atoms with E-state index in [2.05, 4.69) is 71.4 Å². The minimum atomic E-state index is 0.982. The molecular weight excluding hydrogens is 266 g/mol. The largest absolute Gasteiger partial charge is 0.346 e. The molecule has 3 aromatic rings. The number of hydrogen-bond acceptors (Lipinski definition) is 0. The summed E-state index contributed by atoms with van der Waals surface area (Å²) < 4.78 is 2.48. The van der Waals surface area contributed by atoms with Crippen LogP contribution in [-0.2, 0) is 19.4 Å². The van der Waals surface area contributed by atoms with E-state index in [0.717, 1.165) is 6.54 Å². The molecule has 1 aliphatic carbocycles. The minimum Gasteiger partial charge on any atom is -0.346 e. The van der Waals surface area contributed by atoms with Crippen molar-refractivity contribution in [3.05, 3.63) is 83.7 Å². The second kappa shape index (κ2) is 5.84. The van der Waals surface area contributed by atoms with E-state index in [4.69, 9.17) is 0 Å². The van der Waals surface area contributed by atoms with Gasteiger partial charge in [0.1, 0.15) is 0 Å². The first-order chi connectivity index (χ1) is 10.9. The summed E-state index contributed by atoms with van der Waals surface area (Å²) in [5, 5.41) is 0. The van der Waals surface area contributed by atoms with Crippen LogP contribution in [0.1, 0.15) is 29.7 Å². The molecule has 1 heteroatoms. The van der Waals surface area contributed by atoms with Crippen molar-refractivity contribution < 1.29 is 0 Å². The molecule has 0 bridgehead atoms. The molecule has 1 heterocycles. The maximum atomic E-state index is 2.48. The average molecular weight is 287 g/mol. The third kappa shape index (κ3) is 2.48. The molecule has 4 rings (SSSR count). The SMILES string of the molecule is c1ccc(Cn2cc(-c3ccccc3)c3c2CCCC3)cc1. The standard InChI is InChI=1S/C21H21N/c1-3-9-17(10-4-1)15-22-16-20(18-11-5-2-6-12-18)19-13-7-8-14-21(19)22/h1-6,9-12,16H,7-8,13-15H2. The molecule has 0 unspecified atom stereocenters. The number of aromatic nitrogens is 1. The van der Waals surface area contributed by atoms with Gasteiger partial charge in [0.2, 0.25) is 0 Å². The van der Waals surface area contributed by atoms with Gasteiger partial charge in [-0.3, -0.25) is 0 Å². The van der Waals surface area contributed by atoms with Crippen LogP contribution in [0.4, 0.5) is 0 Å². The molecular formula is C21H21N. The van der Waals surface area contributed by atoms with Crippen LogP contribution >= 0.6 is 0 Å². The molecule has 1 aromatic heterocycles. The van der Waals surface area contributed by atoms with Crippen LogP contribution in [0.3, 0.4) is 0 Å². The third-order valence-electron chi connectivity index (χ3n) is 4.68. The quantitative estimate of drug-likeness (QED) is 0.633. The fourth-order valence-corrected chi connectivity index (χ4v) is 3.60. The molecule has 0 saturated carbocycles. The third-order valence-corrected chi connectivity index (χ3v) is 4.68. The van der Waals surface area contributed by atoms with Crippen LogP contribution in [-0.4, -0.2) is 4.57 Å². The minimum absolute atomic E-state index is 0.982. The van der Waals surface area contributed by atoms with Gasteiger partial charge in [-0.2, -0.15) is 0 Å². The number of nitrogens with zero attached hydrogens (tertiary/aromatic N) is 1. The lowest BCUT2D eigenvalue weighted by Gasteiger charge is -2.16. The Morgan fingerprint density at radius 1 is 0.773 bits per heavy atom. The second-order valence-corrected chi connectivity index (χ2v) is 6.15. The van der Waals surface area contributed by atoms with Gasteiger partial charge in [-0.1, -0.05) is 60.7 Å². The maximum Gasteiger partial charge on any atom is 0.0473 e. The zero-order chi connectivity index (χ0) is 14.8. The van der Waals surface area contributed by atoms with E-state index < -0.39 is 0 Å². The van der Waals surface area contributed by atoms with Crippen molar-refractivity contribution in [2.75, 3.05) is 0 Å². The Morgan fingerprint density at radius 3 is 2.23 bits per heavy atom. The summed E-state index contributed by atoms with van der Waals surface area (Å²) in [5.41, 5.74) is 7.30. The van der Waals surface area contributed by atoms with E-state index >= 15 is 0 Å². The van der Waals surface area contributed by atoms with Gasteiger partial charge in [0.25, 0.3) is 0 Å². The Bertz CT molecular complexity index is 753. The number of rotatable bonds is 3. The monoisotopic (exact) mass is 287 g/mol. The predicted molar refractivity (Wildman–Crippen MR) is 92.1 cm³/mol. The summed E-state index contributed by atoms with van der Waals surface area (Å²) in [6.07, 6.45) is 7.46. The van der Waals surface area contributed by atoms with Gasteiger partial charge < -0.3 is 4.57 Å². The molecule has 0 fully saturated rings. The predicted octanol–water partition coefficient (Wildman–Crippen LogP) is 5.08. The van der Waals surface area contributed by atoms with Gasteiger partial charge in [0.05, 0.1) is 0 Å². The number of hydrogen-bond donors (Lipinski definition) is 0. The van der Waals surface area contributed by atoms with Crippen molar-refractivity contribution in [1.82, 2.24) is 4.57 Å². The van der Waals surface area contributed by atoms with Crippen LogP contribution < -0.4 is 0 Å². The number of fused-ring (bicyclic) bond motifs is 1. The van der Waals surface area contributed by atoms with Gasteiger partial charge in [-0.05, 0) is 42.4 Å². The maximum absolute atomic E-state index is 2.48. The van der Waals surface area contributed by atoms with Crippen molar-refractivity contribution in [3.63, 3.8) is 0 Å². The van der Waals surface area contributed by atoms with Crippen LogP contribution in [0, 0.1) is 0 Å². The van der Waals surface area contributed by atoms with Crippen molar-refractivity contribution in [1.29, 1.82) is 0 Å². The molecule has 0 atom stereocenters. The van der Waals surface area contributed by atoms with Gasteiger partial charge in [0, 0.05) is 24.0 Å². The molecule has 0 amide bonds. The van der Waals surface area contributed by atoms with E-state index in [-0.39, 0.29) is 0 Å². The molecule has 1 aliphatic rings. The summed E-state index contributed by atoms with van der Waals surface area (Å²) in [5.74, 6) is 0. The smallest absolute Gasteiger partial charge is 0.0473 e. The highest BCUT2D eigenvalue weighted by Gasteiger charge is 2.19. The van der Waals surface area contributed by atoms with E-state index in [1.807, 2.05) is 0 Å². The average Bonchev–Trinajstić information content (AvgIpc) is 2.96. The normalized spacial score (nSPS) is 13.8. The van der Waals surface area contributed by atoms with Gasteiger partial charge in [-0.25, -0.2) is 0 Å². The van der Waals surface area contributed by atoms with Gasteiger partial charge >= 0.3 is 0 Å². The van der Waals surface area contributed by atoms with E-state index in [0.29, 0.717) is 0 Å². The Hall–Kier alpha value is -2.28. The highest BCUT2D eigenvalue weighted by molar-refractivity contribution is 5.69. The van der Waals surface area contributed by atoms with Crippen LogP contribution in [0.15, 0.2) is 66.9 Å². The first-order valence-electron chi connectivity index (χ1n) is 8.22. The fraction of sp³-hybridized carbons (Fsp3) is 0.238. The summed E-state index contributed by atoms with van der Waals surface area (Å²) >= 11 is 0. The molecule has 0 aliphatic heterocycles. The van der Waals surface area contributed by atoms with Crippen molar-refractivity contribution in [2.45, 2.75) is 32.2 Å². The van der Waals surface area contributed by atoms with Crippen molar-refractivity contribution in [3.8, 4) is 11.1 Å². The molecule has 110 valence electrons. The van der Waals surface area contributed by atoms with Crippen LogP contribution in [0.5, 0.6) is 0 Å². The van der Waals surface area contributed by atoms with Crippen LogP contribution in [0.2, 0.25) is 0 Å². The Balaban J connectivity index is 1.78. The summed E-state index contributed by atoms with van der Waals surface area (Å²) in [6, 6.07) is 21.6. The topological polar surface area (TPSA) is 4.93 Å².